The fourth-order valence-electron chi connectivity index (χ4n) is 1.08. The van der Waals surface area contributed by atoms with Crippen molar-refractivity contribution in [1.29, 1.82) is 0 Å². The van der Waals surface area contributed by atoms with Crippen LogP contribution < -0.4 is 5.09 Å². The van der Waals surface area contributed by atoms with Gasteiger partial charge in [0.1, 0.15) is 0 Å². The highest BCUT2D eigenvalue weighted by atomic mass is 35.9. The molecule has 2 rings (SSSR count). The molecule has 0 atom stereocenters. The van der Waals surface area contributed by atoms with Crippen LogP contribution >= 0.6 is 28.5 Å². The van der Waals surface area contributed by atoms with Crippen molar-refractivity contribution < 1.29 is 8.98 Å². The molecule has 8 heteroatoms. The van der Waals surface area contributed by atoms with Crippen LogP contribution in [0.5, 0.6) is 0 Å². The molecule has 0 aliphatic carbocycles. The molecule has 1 aromatic heterocycles. The molecule has 1 heterocycles. The maximum Gasteiger partial charge on any atom is 0.346 e. The van der Waals surface area contributed by atoms with Crippen LogP contribution in [-0.4, -0.2) is 10.2 Å². The van der Waals surface area contributed by atoms with Crippen LogP contribution in [0.15, 0.2) is 34.7 Å². The molecule has 0 aliphatic rings. The second-order valence-corrected chi connectivity index (χ2v) is 7.38. The van der Waals surface area contributed by atoms with Crippen molar-refractivity contribution in [2.75, 3.05) is 5.09 Å². The Hall–Kier alpha value is -1.03. The van der Waals surface area contributed by atoms with Crippen LogP contribution in [0.25, 0.3) is 11.5 Å². The summed E-state index contributed by atoms with van der Waals surface area (Å²) in [7, 11) is 0. The highest BCUT2D eigenvalue weighted by Gasteiger charge is 2.17. The van der Waals surface area contributed by atoms with Crippen LogP contribution in [0.2, 0.25) is 0 Å². The molecule has 0 aliphatic heterocycles. The lowest BCUT2D eigenvalue weighted by atomic mass is 10.2. The second kappa shape index (κ2) is 4.45. The van der Waals surface area contributed by atoms with Crippen LogP contribution in [0, 0.1) is 0 Å². The number of anilines is 1. The van der Waals surface area contributed by atoms with Gasteiger partial charge in [0.05, 0.1) is 0 Å². The molecular weight excluding hydrogens is 272 g/mol. The van der Waals surface area contributed by atoms with Gasteiger partial charge in [-0.15, -0.1) is 5.10 Å². The lowest BCUT2D eigenvalue weighted by molar-refractivity contribution is 0.579. The van der Waals surface area contributed by atoms with E-state index in [9.17, 15) is 4.57 Å². The summed E-state index contributed by atoms with van der Waals surface area (Å²) >= 11 is 10.6. The monoisotopic (exact) mass is 277 g/mol. The van der Waals surface area contributed by atoms with E-state index >= 15 is 0 Å². The first-order valence-electron chi connectivity index (χ1n) is 4.21. The van der Waals surface area contributed by atoms with Gasteiger partial charge >= 0.3 is 12.0 Å². The fourth-order valence-corrected chi connectivity index (χ4v) is 1.82. The van der Waals surface area contributed by atoms with Gasteiger partial charge in [-0.3, -0.25) is 9.65 Å². The largest absolute Gasteiger partial charge is 0.403 e. The lowest BCUT2D eigenvalue weighted by Crippen LogP contribution is -1.85. The highest BCUT2D eigenvalue weighted by molar-refractivity contribution is 8.09. The third-order valence-corrected chi connectivity index (χ3v) is 2.63. The summed E-state index contributed by atoms with van der Waals surface area (Å²) in [5, 5.41) is 9.58. The van der Waals surface area contributed by atoms with E-state index in [1.807, 2.05) is 18.2 Å². The Bertz CT molecular complexity index is 525. The summed E-state index contributed by atoms with van der Waals surface area (Å²) in [5.74, 6) is -3.17. The molecule has 0 amide bonds. The van der Waals surface area contributed by atoms with E-state index in [-0.39, 0.29) is 6.01 Å². The molecule has 0 radical (unpaired) electrons. The number of benzene rings is 1. The molecule has 1 N–H and O–H groups in total. The summed E-state index contributed by atoms with van der Waals surface area (Å²) < 4.78 is 16.2. The van der Waals surface area contributed by atoms with E-state index in [4.69, 9.17) is 26.9 Å². The molecule has 0 unspecified atom stereocenters. The van der Waals surface area contributed by atoms with Crippen LogP contribution in [0.4, 0.5) is 6.01 Å². The maximum absolute atomic E-state index is 11.0. The van der Waals surface area contributed by atoms with Crippen LogP contribution in [0.3, 0.4) is 0 Å². The average molecular weight is 278 g/mol. The highest BCUT2D eigenvalue weighted by Crippen LogP contribution is 2.55. The number of halogens is 2. The van der Waals surface area contributed by atoms with Gasteiger partial charge in [-0.2, -0.15) is 0 Å². The minimum Gasteiger partial charge on any atom is -0.403 e. The van der Waals surface area contributed by atoms with Gasteiger partial charge in [0.15, 0.2) is 0 Å². The fraction of sp³-hybridized carbons (Fsp3) is 0. The molecule has 0 spiro atoms. The standard InChI is InChI=1S/C8H6Cl2N3O2P/c9-16(10,14)13-8-12-11-7(15-8)6-4-2-1-3-5-6/h1-5H,(H,12,13,14). The third kappa shape index (κ3) is 2.98. The van der Waals surface area contributed by atoms with Crippen molar-refractivity contribution in [3.63, 3.8) is 0 Å². The Morgan fingerprint density at radius 2 is 1.88 bits per heavy atom. The number of hydrogen-bond donors (Lipinski definition) is 1. The first kappa shape index (κ1) is 11.5. The van der Waals surface area contributed by atoms with Crippen molar-refractivity contribution in [1.82, 2.24) is 10.2 Å². The Balaban J connectivity index is 2.24. The first-order valence-corrected chi connectivity index (χ1v) is 7.73. The van der Waals surface area contributed by atoms with Gasteiger partial charge < -0.3 is 4.42 Å². The molecule has 2 aromatic rings. The summed E-state index contributed by atoms with van der Waals surface area (Å²) in [6.45, 7) is 0. The molecule has 16 heavy (non-hydrogen) atoms. The SMILES string of the molecule is O=P(Cl)(Cl)Nc1nnc(-c2ccccc2)o1. The Morgan fingerprint density at radius 1 is 1.19 bits per heavy atom. The van der Waals surface area contributed by atoms with E-state index in [0.717, 1.165) is 5.56 Å². The van der Waals surface area contributed by atoms with Gasteiger partial charge in [-0.1, -0.05) is 23.3 Å². The van der Waals surface area contributed by atoms with Gasteiger partial charge in [-0.25, -0.2) is 0 Å². The normalized spacial score (nSPS) is 11.4. The summed E-state index contributed by atoms with van der Waals surface area (Å²) in [6, 6.07) is 9.06. The maximum atomic E-state index is 11.0. The molecule has 0 saturated carbocycles. The average Bonchev–Trinajstić information content (AvgIpc) is 2.65. The smallest absolute Gasteiger partial charge is 0.346 e. The van der Waals surface area contributed by atoms with Crippen molar-refractivity contribution in [3.8, 4) is 11.5 Å². The minimum absolute atomic E-state index is 0.0767. The molecule has 84 valence electrons. The number of nitrogens with zero attached hydrogens (tertiary/aromatic N) is 2. The first-order chi connectivity index (χ1) is 7.54. The van der Waals surface area contributed by atoms with E-state index in [1.54, 1.807) is 12.1 Å². The van der Waals surface area contributed by atoms with E-state index < -0.39 is 6.00 Å². The lowest BCUT2D eigenvalue weighted by Gasteiger charge is -1.99. The predicted molar refractivity (Wildman–Crippen MR) is 62.7 cm³/mol. The van der Waals surface area contributed by atoms with E-state index in [0.29, 0.717) is 5.89 Å². The summed E-state index contributed by atoms with van der Waals surface area (Å²) in [6.07, 6.45) is 0. The summed E-state index contributed by atoms with van der Waals surface area (Å²) in [5.41, 5.74) is 0.752. The molecule has 1 aromatic carbocycles. The van der Waals surface area contributed by atoms with E-state index in [1.165, 1.54) is 0 Å². The van der Waals surface area contributed by atoms with Crippen molar-refractivity contribution in [3.05, 3.63) is 30.3 Å². The number of rotatable bonds is 3. The molecule has 0 fully saturated rings. The van der Waals surface area contributed by atoms with Crippen molar-refractivity contribution >= 4 is 34.5 Å². The topological polar surface area (TPSA) is 68.0 Å². The van der Waals surface area contributed by atoms with Gasteiger partial charge in [0, 0.05) is 5.56 Å². The zero-order valence-electron chi connectivity index (χ0n) is 7.80. The predicted octanol–water partition coefficient (Wildman–Crippen LogP) is 3.73. The van der Waals surface area contributed by atoms with Gasteiger partial charge in [-0.05, 0) is 34.6 Å². The quantitative estimate of drug-likeness (QED) is 0.866. The Morgan fingerprint density at radius 3 is 2.50 bits per heavy atom. The molecule has 0 saturated heterocycles. The van der Waals surface area contributed by atoms with Crippen molar-refractivity contribution in [2.45, 2.75) is 0 Å². The zero-order valence-corrected chi connectivity index (χ0v) is 10.2. The molecule has 5 nitrogen and oxygen atoms in total. The third-order valence-electron chi connectivity index (χ3n) is 1.67. The number of aromatic nitrogens is 2. The van der Waals surface area contributed by atoms with Gasteiger partial charge in [0.2, 0.25) is 5.89 Å². The molecule has 0 bridgehead atoms. The molecular formula is C8H6Cl2N3O2P. The van der Waals surface area contributed by atoms with E-state index in [2.05, 4.69) is 15.3 Å². The van der Waals surface area contributed by atoms with Crippen LogP contribution in [0.1, 0.15) is 0 Å². The Labute approximate surface area is 101 Å². The Kier molecular flexibility index (Phi) is 3.19. The number of nitrogens with one attached hydrogen (secondary N) is 1. The number of hydrogen-bond acceptors (Lipinski definition) is 4. The zero-order chi connectivity index (χ0) is 11.6. The summed E-state index contributed by atoms with van der Waals surface area (Å²) in [4.78, 5) is 0. The minimum atomic E-state index is -3.47. The van der Waals surface area contributed by atoms with Crippen LogP contribution in [-0.2, 0) is 4.57 Å². The second-order valence-electron chi connectivity index (χ2n) is 2.85. The van der Waals surface area contributed by atoms with Crippen molar-refractivity contribution in [2.24, 2.45) is 0 Å². The van der Waals surface area contributed by atoms with Gasteiger partial charge in [0.25, 0.3) is 0 Å².